The van der Waals surface area contributed by atoms with Gasteiger partial charge in [-0.05, 0) is 122 Å². The fourth-order valence-corrected chi connectivity index (χ4v) is 8.14. The summed E-state index contributed by atoms with van der Waals surface area (Å²) in [4.78, 5) is 17.3. The number of aliphatic imine (C=N–C) groups is 1. The summed E-state index contributed by atoms with van der Waals surface area (Å²) in [5.41, 5.74) is 17.4. The Morgan fingerprint density at radius 2 is 1.84 bits per heavy atom. The van der Waals surface area contributed by atoms with Crippen molar-refractivity contribution in [1.29, 1.82) is 0 Å². The number of aryl methyl sites for hydroxylation is 1. The number of nitrogens with zero attached hydrogens (tertiary/aromatic N) is 1. The quantitative estimate of drug-likeness (QED) is 0.0437. The van der Waals surface area contributed by atoms with Crippen LogP contribution in [0.3, 0.4) is 0 Å². The Morgan fingerprint density at radius 3 is 2.60 bits per heavy atom. The van der Waals surface area contributed by atoms with Crippen LogP contribution >= 0.6 is 0 Å². The van der Waals surface area contributed by atoms with Crippen LogP contribution in [0.25, 0.3) is 0 Å². The molecule has 4 atom stereocenters. The van der Waals surface area contributed by atoms with Crippen LogP contribution < -0.4 is 21.3 Å². The summed E-state index contributed by atoms with van der Waals surface area (Å²) in [7, 11) is 0. The van der Waals surface area contributed by atoms with Gasteiger partial charge in [0, 0.05) is 36.1 Å². The number of unbranched alkanes of at least 4 members (excludes halogenated alkanes) is 1. The number of aliphatic hydroxyl groups is 2. The van der Waals surface area contributed by atoms with Crippen molar-refractivity contribution in [3.8, 4) is 29.1 Å². The van der Waals surface area contributed by atoms with Crippen molar-refractivity contribution in [3.05, 3.63) is 124 Å². The molecule has 2 aliphatic carbocycles. The van der Waals surface area contributed by atoms with Crippen LogP contribution in [0.1, 0.15) is 117 Å². The average Bonchev–Trinajstić information content (AvgIpc) is 3.82. The third-order valence-electron chi connectivity index (χ3n) is 11.4. The van der Waals surface area contributed by atoms with E-state index in [0.717, 1.165) is 55.2 Å². The van der Waals surface area contributed by atoms with E-state index in [-0.39, 0.29) is 53.7 Å². The van der Waals surface area contributed by atoms with E-state index in [9.17, 15) is 30.3 Å². The Balaban J connectivity index is 1.12. The average molecular weight is 773 g/mol. The second kappa shape index (κ2) is 18.8. The van der Waals surface area contributed by atoms with Gasteiger partial charge in [0.25, 0.3) is 0 Å². The standard InChI is InChI=1S/C47H55N3O7/c1-30(51)5-2-3-20-47(22-17-36(53)29-47)21-16-35(52)12-8-31-10-15-43(55)45(26-31)57-24-19-32-9-14-42(54)40(25-32)39-28-44(56)38-18-23-50-41(38)7-4-6-33-27-34(46(48)49)11-13-37(33)39/h9-11,13-16,18,21,23,25-27,30,36,39,46,51,53-56H,2-3,5,7-8,12,17,19-20,22,24,28-29,48-49H2,1H3/p-1/b21-16+,44-38?/t30-,36-,39-,47+/m0/s1. The summed E-state index contributed by atoms with van der Waals surface area (Å²) in [6.07, 6.45) is 12.9. The molecule has 0 unspecified atom stereocenters. The highest BCUT2D eigenvalue weighted by atomic mass is 16.5. The van der Waals surface area contributed by atoms with E-state index in [1.807, 2.05) is 36.4 Å². The SMILES string of the molecule is C[C@H](O)CCCC[C@@]1(/C=C/C(=O)CCc2ccc(O)c(OCCc3ccc(O)c([C@H]4CC([O-])=C5C=CN=C5CC#Cc5cc(C(N)N)ccc54)c3)c2)CC[C@H](O)C1. The van der Waals surface area contributed by atoms with Gasteiger partial charge >= 0.3 is 0 Å². The summed E-state index contributed by atoms with van der Waals surface area (Å²) in [5.74, 6) is 6.12. The van der Waals surface area contributed by atoms with Crippen molar-refractivity contribution in [3.63, 3.8) is 0 Å². The first-order chi connectivity index (χ1) is 27.4. The number of benzene rings is 3. The molecule has 0 spiro atoms. The molecule has 10 heteroatoms. The molecule has 1 heterocycles. The van der Waals surface area contributed by atoms with Gasteiger partial charge in [-0.25, -0.2) is 0 Å². The van der Waals surface area contributed by atoms with E-state index in [1.165, 1.54) is 0 Å². The van der Waals surface area contributed by atoms with Gasteiger partial charge in [-0.3, -0.25) is 9.79 Å². The second-order valence-electron chi connectivity index (χ2n) is 15.8. The minimum absolute atomic E-state index is 0.000490. The maximum Gasteiger partial charge on any atom is 0.161 e. The summed E-state index contributed by atoms with van der Waals surface area (Å²) >= 11 is 0. The Bertz CT molecular complexity index is 2120. The van der Waals surface area contributed by atoms with Crippen LogP contribution in [0.5, 0.6) is 17.2 Å². The number of aliphatic hydroxyl groups excluding tert-OH is 2. The minimum atomic E-state index is -0.703. The van der Waals surface area contributed by atoms with Crippen molar-refractivity contribution in [1.82, 2.24) is 0 Å². The lowest BCUT2D eigenvalue weighted by Gasteiger charge is -2.27. The van der Waals surface area contributed by atoms with Crippen molar-refractivity contribution in [2.45, 2.75) is 108 Å². The van der Waals surface area contributed by atoms with Crippen LogP contribution in [0.2, 0.25) is 0 Å². The molecule has 57 heavy (non-hydrogen) atoms. The summed E-state index contributed by atoms with van der Waals surface area (Å²) in [6, 6.07) is 16.0. The highest BCUT2D eigenvalue weighted by Gasteiger charge is 2.36. The molecular weight excluding hydrogens is 719 g/mol. The van der Waals surface area contributed by atoms with Crippen molar-refractivity contribution < 1.29 is 35.1 Å². The number of fused-ring (bicyclic) bond motifs is 2. The molecule has 1 saturated carbocycles. The highest BCUT2D eigenvalue weighted by molar-refractivity contribution is 6.06. The first-order valence-electron chi connectivity index (χ1n) is 20.0. The van der Waals surface area contributed by atoms with Gasteiger partial charge in [-0.2, -0.15) is 0 Å². The largest absolute Gasteiger partial charge is 0.875 e. The van der Waals surface area contributed by atoms with E-state index >= 15 is 0 Å². The van der Waals surface area contributed by atoms with Crippen LogP contribution in [-0.4, -0.2) is 50.7 Å². The molecule has 0 bridgehead atoms. The molecule has 10 nitrogen and oxygen atoms in total. The van der Waals surface area contributed by atoms with Crippen molar-refractivity contribution in [2.75, 3.05) is 6.61 Å². The topological polar surface area (TPSA) is 195 Å². The summed E-state index contributed by atoms with van der Waals surface area (Å²) in [6.45, 7) is 2.01. The monoisotopic (exact) mass is 772 g/mol. The lowest BCUT2D eigenvalue weighted by molar-refractivity contribution is -0.307. The number of phenols is 2. The lowest BCUT2D eigenvalue weighted by atomic mass is 9.80. The summed E-state index contributed by atoms with van der Waals surface area (Å²) < 4.78 is 6.06. The number of nitrogens with two attached hydrogens (primary N) is 2. The third kappa shape index (κ3) is 10.8. The van der Waals surface area contributed by atoms with E-state index < -0.39 is 12.1 Å². The van der Waals surface area contributed by atoms with Crippen LogP contribution in [0.15, 0.2) is 95.3 Å². The van der Waals surface area contributed by atoms with Gasteiger partial charge in [0.1, 0.15) is 5.75 Å². The molecule has 0 saturated heterocycles. The molecule has 8 N–H and O–H groups in total. The third-order valence-corrected chi connectivity index (χ3v) is 11.4. The number of hydrogen-bond donors (Lipinski definition) is 6. The second-order valence-corrected chi connectivity index (χ2v) is 15.8. The molecule has 3 aliphatic rings. The maximum absolute atomic E-state index is 13.7. The van der Waals surface area contributed by atoms with E-state index in [0.29, 0.717) is 65.8 Å². The number of carbonyl (C=O) groups excluding carboxylic acids is 1. The lowest BCUT2D eigenvalue weighted by Crippen LogP contribution is -2.21. The molecule has 6 rings (SSSR count). The number of rotatable bonds is 16. The molecule has 3 aromatic carbocycles. The van der Waals surface area contributed by atoms with Gasteiger partial charge in [0.2, 0.25) is 0 Å². The molecule has 0 aromatic heterocycles. The molecule has 3 aromatic rings. The van der Waals surface area contributed by atoms with Crippen molar-refractivity contribution >= 4 is 11.5 Å². The van der Waals surface area contributed by atoms with Crippen molar-refractivity contribution in [2.24, 2.45) is 21.9 Å². The predicted octanol–water partition coefficient (Wildman–Crippen LogP) is 6.03. The molecule has 1 fully saturated rings. The van der Waals surface area contributed by atoms with E-state index in [2.05, 4.69) is 16.8 Å². The van der Waals surface area contributed by atoms with Gasteiger partial charge in [-0.15, -0.1) is 5.76 Å². The maximum atomic E-state index is 13.7. The number of ketones is 1. The molecule has 0 amide bonds. The van der Waals surface area contributed by atoms with Gasteiger partial charge < -0.3 is 41.7 Å². The first kappa shape index (κ1) is 41.5. The number of hydrogen-bond acceptors (Lipinski definition) is 10. The number of aromatic hydroxyl groups is 2. The molecular formula is C47H54N3O7-. The number of phenolic OH excluding ortho intramolecular Hbond substituents is 2. The molecule has 0 radical (unpaired) electrons. The molecule has 300 valence electrons. The van der Waals surface area contributed by atoms with Crippen LogP contribution in [-0.2, 0) is 17.6 Å². The Morgan fingerprint density at radius 1 is 1.05 bits per heavy atom. The normalized spacial score (nSPS) is 20.9. The number of allylic oxidation sites excluding steroid dienone is 5. The predicted molar refractivity (Wildman–Crippen MR) is 219 cm³/mol. The zero-order valence-corrected chi connectivity index (χ0v) is 32.6. The Hall–Kier alpha value is -5.18. The van der Waals surface area contributed by atoms with Crippen LogP contribution in [0, 0.1) is 17.3 Å². The smallest absolute Gasteiger partial charge is 0.161 e. The van der Waals surface area contributed by atoms with Gasteiger partial charge in [0.15, 0.2) is 17.3 Å². The zero-order chi connectivity index (χ0) is 40.5. The fourth-order valence-electron chi connectivity index (χ4n) is 8.14. The summed E-state index contributed by atoms with van der Waals surface area (Å²) in [5, 5.41) is 55.4. The Labute approximate surface area is 335 Å². The fraction of sp³-hybridized carbons (Fsp3) is 0.404. The number of carbonyl (C=O) groups is 1. The van der Waals surface area contributed by atoms with E-state index in [1.54, 1.807) is 49.5 Å². The highest BCUT2D eigenvalue weighted by Crippen LogP contribution is 2.44. The Kier molecular flexibility index (Phi) is 13.7. The van der Waals surface area contributed by atoms with Gasteiger partial charge in [0.05, 0.1) is 37.1 Å². The zero-order valence-electron chi connectivity index (χ0n) is 32.6. The van der Waals surface area contributed by atoms with Crippen LogP contribution in [0.4, 0.5) is 0 Å². The van der Waals surface area contributed by atoms with Gasteiger partial charge in [-0.1, -0.05) is 61.1 Å². The minimum Gasteiger partial charge on any atom is -0.875 e. The first-order valence-corrected chi connectivity index (χ1v) is 20.0. The molecule has 1 aliphatic heterocycles. The van der Waals surface area contributed by atoms with E-state index in [4.69, 9.17) is 16.2 Å². The number of ether oxygens (including phenoxy) is 1.